The minimum Gasteiger partial charge on any atom is -0.460 e. The van der Waals surface area contributed by atoms with E-state index in [1.807, 2.05) is 60.7 Å². The molecule has 0 N–H and O–H groups in total. The number of hydrogen-bond donors (Lipinski definition) is 0. The monoisotopic (exact) mass is 430 g/mol. The maximum atomic E-state index is 13.5. The molecule has 4 heteroatoms. The molecule has 0 amide bonds. The minimum atomic E-state index is -1.28. The summed E-state index contributed by atoms with van der Waals surface area (Å²) in [5.74, 6) is -0.647. The Labute approximate surface area is 189 Å². The molecule has 2 aliphatic rings. The number of carbonyl (C=O) groups excluding carboxylic acids is 2. The SMILES string of the molecule is CC(C)=C1CC=C[C@H]2CC(C(=O)OCc3ccccc3)(C(=O)OCc3ccccc3)C[C@H]12. The van der Waals surface area contributed by atoms with Crippen LogP contribution in [0.15, 0.2) is 84.0 Å². The fraction of sp³-hybridized carbons (Fsp3) is 0.357. The van der Waals surface area contributed by atoms with Gasteiger partial charge < -0.3 is 9.47 Å². The van der Waals surface area contributed by atoms with Crippen molar-refractivity contribution in [2.24, 2.45) is 17.3 Å². The molecule has 2 aliphatic carbocycles. The topological polar surface area (TPSA) is 52.6 Å². The third kappa shape index (κ3) is 4.55. The molecule has 0 saturated heterocycles. The lowest BCUT2D eigenvalue weighted by atomic mass is 9.80. The van der Waals surface area contributed by atoms with Gasteiger partial charge in [0.05, 0.1) is 0 Å². The fourth-order valence-electron chi connectivity index (χ4n) is 4.97. The Morgan fingerprint density at radius 2 is 1.38 bits per heavy atom. The Hall–Kier alpha value is -3.14. The van der Waals surface area contributed by atoms with Crippen LogP contribution in [0.25, 0.3) is 0 Å². The van der Waals surface area contributed by atoms with E-state index in [4.69, 9.17) is 9.47 Å². The van der Waals surface area contributed by atoms with Gasteiger partial charge in [0.15, 0.2) is 5.41 Å². The second kappa shape index (κ2) is 9.56. The van der Waals surface area contributed by atoms with Crippen LogP contribution in [0.1, 0.15) is 44.2 Å². The molecular weight excluding hydrogens is 400 g/mol. The highest BCUT2D eigenvalue weighted by atomic mass is 16.6. The van der Waals surface area contributed by atoms with Gasteiger partial charge >= 0.3 is 11.9 Å². The first-order valence-electron chi connectivity index (χ1n) is 11.2. The van der Waals surface area contributed by atoms with E-state index in [1.54, 1.807) is 0 Å². The molecule has 0 aliphatic heterocycles. The molecular formula is C28H30O4. The average Bonchev–Trinajstić information content (AvgIpc) is 3.23. The van der Waals surface area contributed by atoms with Crippen LogP contribution >= 0.6 is 0 Å². The van der Waals surface area contributed by atoms with Gasteiger partial charge in [0.25, 0.3) is 0 Å². The number of rotatable bonds is 6. The van der Waals surface area contributed by atoms with Crippen molar-refractivity contribution >= 4 is 11.9 Å². The molecule has 166 valence electrons. The summed E-state index contributed by atoms with van der Waals surface area (Å²) in [5, 5.41) is 0. The van der Waals surface area contributed by atoms with Crippen molar-refractivity contribution in [3.05, 3.63) is 95.1 Å². The molecule has 2 aromatic rings. The zero-order chi connectivity index (χ0) is 22.6. The zero-order valence-corrected chi connectivity index (χ0v) is 18.8. The molecule has 32 heavy (non-hydrogen) atoms. The van der Waals surface area contributed by atoms with Gasteiger partial charge in [0, 0.05) is 0 Å². The number of benzene rings is 2. The van der Waals surface area contributed by atoms with E-state index in [1.165, 1.54) is 11.1 Å². The second-order valence-corrected chi connectivity index (χ2v) is 9.04. The third-order valence-electron chi connectivity index (χ3n) is 6.69. The van der Waals surface area contributed by atoms with E-state index in [-0.39, 0.29) is 25.0 Å². The van der Waals surface area contributed by atoms with Crippen molar-refractivity contribution in [3.63, 3.8) is 0 Å². The lowest BCUT2D eigenvalue weighted by Crippen LogP contribution is -2.40. The summed E-state index contributed by atoms with van der Waals surface area (Å²) in [5.41, 5.74) is 3.10. The van der Waals surface area contributed by atoms with E-state index < -0.39 is 17.4 Å². The molecule has 0 unspecified atom stereocenters. The Bertz CT molecular complexity index is 960. The van der Waals surface area contributed by atoms with Crippen LogP contribution in [-0.2, 0) is 32.3 Å². The van der Waals surface area contributed by atoms with Gasteiger partial charge in [-0.25, -0.2) is 0 Å². The molecule has 0 aromatic heterocycles. The van der Waals surface area contributed by atoms with Crippen LogP contribution in [0, 0.1) is 17.3 Å². The predicted octanol–water partition coefficient (Wildman–Crippen LogP) is 5.78. The molecule has 1 fully saturated rings. The van der Waals surface area contributed by atoms with Gasteiger partial charge in [-0.1, -0.05) is 84.0 Å². The first kappa shape index (κ1) is 22.1. The van der Waals surface area contributed by atoms with Crippen LogP contribution in [0.5, 0.6) is 0 Å². The summed E-state index contributed by atoms with van der Waals surface area (Å²) in [6, 6.07) is 19.1. The van der Waals surface area contributed by atoms with Crippen LogP contribution in [0.4, 0.5) is 0 Å². The highest BCUT2D eigenvalue weighted by Gasteiger charge is 2.58. The number of hydrogen-bond acceptors (Lipinski definition) is 4. The maximum Gasteiger partial charge on any atom is 0.323 e. The molecule has 2 atom stereocenters. The van der Waals surface area contributed by atoms with E-state index in [0.29, 0.717) is 12.8 Å². The molecule has 0 spiro atoms. The number of carbonyl (C=O) groups is 2. The van der Waals surface area contributed by atoms with E-state index in [9.17, 15) is 9.59 Å². The first-order valence-corrected chi connectivity index (χ1v) is 11.2. The summed E-state index contributed by atoms with van der Waals surface area (Å²) in [6.07, 6.45) is 6.05. The third-order valence-corrected chi connectivity index (χ3v) is 6.69. The van der Waals surface area contributed by atoms with Crippen molar-refractivity contribution in [1.29, 1.82) is 0 Å². The normalized spacial score (nSPS) is 21.0. The standard InChI is InChI=1S/C28H30O4/c1-20(2)24-15-9-14-23-16-28(17-25(23)24,26(29)31-18-21-10-5-3-6-11-21)27(30)32-19-22-12-7-4-8-13-22/h3-14,23,25H,15-19H2,1-2H3/t23-,25-/m0/s1. The van der Waals surface area contributed by atoms with Crippen molar-refractivity contribution in [3.8, 4) is 0 Å². The largest absolute Gasteiger partial charge is 0.460 e. The van der Waals surface area contributed by atoms with Gasteiger partial charge in [-0.2, -0.15) is 0 Å². The minimum absolute atomic E-state index is 0.141. The number of fused-ring (bicyclic) bond motifs is 1. The molecule has 4 rings (SSSR count). The predicted molar refractivity (Wildman–Crippen MR) is 123 cm³/mol. The number of ether oxygens (including phenoxy) is 2. The smallest absolute Gasteiger partial charge is 0.323 e. The number of esters is 2. The average molecular weight is 431 g/mol. The Kier molecular flexibility index (Phi) is 6.59. The summed E-state index contributed by atoms with van der Waals surface area (Å²) in [7, 11) is 0. The van der Waals surface area contributed by atoms with E-state index in [2.05, 4.69) is 26.0 Å². The molecule has 0 heterocycles. The maximum absolute atomic E-state index is 13.5. The lowest BCUT2D eigenvalue weighted by molar-refractivity contribution is -0.174. The van der Waals surface area contributed by atoms with Gasteiger partial charge in [-0.15, -0.1) is 0 Å². The highest BCUT2D eigenvalue weighted by Crippen LogP contribution is 2.53. The van der Waals surface area contributed by atoms with Crippen LogP contribution in [0.2, 0.25) is 0 Å². The molecule has 1 saturated carbocycles. The summed E-state index contributed by atoms with van der Waals surface area (Å²) in [4.78, 5) is 26.9. The molecule has 0 bridgehead atoms. The summed E-state index contributed by atoms with van der Waals surface area (Å²) in [6.45, 7) is 4.50. The van der Waals surface area contributed by atoms with Crippen LogP contribution in [0.3, 0.4) is 0 Å². The van der Waals surface area contributed by atoms with E-state index in [0.717, 1.165) is 17.5 Å². The zero-order valence-electron chi connectivity index (χ0n) is 18.8. The Morgan fingerprint density at radius 1 is 0.844 bits per heavy atom. The molecule has 2 aromatic carbocycles. The van der Waals surface area contributed by atoms with Crippen molar-refractivity contribution in [1.82, 2.24) is 0 Å². The second-order valence-electron chi connectivity index (χ2n) is 9.04. The molecule has 0 radical (unpaired) electrons. The summed E-state index contributed by atoms with van der Waals surface area (Å²) < 4.78 is 11.4. The summed E-state index contributed by atoms with van der Waals surface area (Å²) >= 11 is 0. The van der Waals surface area contributed by atoms with Gasteiger partial charge in [-0.05, 0) is 56.1 Å². The van der Waals surface area contributed by atoms with Crippen LogP contribution < -0.4 is 0 Å². The Morgan fingerprint density at radius 3 is 1.88 bits per heavy atom. The quantitative estimate of drug-likeness (QED) is 0.331. The first-order chi connectivity index (χ1) is 15.5. The lowest BCUT2D eigenvalue weighted by Gasteiger charge is -2.26. The van der Waals surface area contributed by atoms with Gasteiger partial charge in [0.2, 0.25) is 0 Å². The van der Waals surface area contributed by atoms with Gasteiger partial charge in [0.1, 0.15) is 13.2 Å². The Balaban J connectivity index is 1.57. The highest BCUT2D eigenvalue weighted by molar-refractivity contribution is 6.00. The van der Waals surface area contributed by atoms with Crippen molar-refractivity contribution in [2.45, 2.75) is 46.3 Å². The van der Waals surface area contributed by atoms with Crippen molar-refractivity contribution < 1.29 is 19.1 Å². The van der Waals surface area contributed by atoms with E-state index >= 15 is 0 Å². The molecule has 4 nitrogen and oxygen atoms in total. The van der Waals surface area contributed by atoms with Gasteiger partial charge in [-0.3, -0.25) is 9.59 Å². The van der Waals surface area contributed by atoms with Crippen LogP contribution in [-0.4, -0.2) is 11.9 Å². The fourth-order valence-corrected chi connectivity index (χ4v) is 4.97. The number of allylic oxidation sites excluding steroid dienone is 4. The van der Waals surface area contributed by atoms with Crippen molar-refractivity contribution in [2.75, 3.05) is 0 Å².